The molecule has 0 aromatic carbocycles. The Morgan fingerprint density at radius 3 is 2.45 bits per heavy atom. The molecule has 1 atom stereocenters. The summed E-state index contributed by atoms with van der Waals surface area (Å²) in [5.74, 6) is -0.769. The van der Waals surface area contributed by atoms with Gasteiger partial charge < -0.3 is 15.7 Å². The van der Waals surface area contributed by atoms with Crippen LogP contribution in [0.1, 0.15) is 51.9 Å². The van der Waals surface area contributed by atoms with Gasteiger partial charge in [0.2, 0.25) is 11.8 Å². The molecule has 20 heavy (non-hydrogen) atoms. The van der Waals surface area contributed by atoms with E-state index in [0.29, 0.717) is 12.3 Å². The monoisotopic (exact) mass is 284 g/mol. The molecule has 0 aromatic heterocycles. The fraction of sp³-hybridized carbons (Fsp3) is 0.786. The number of hydrogen-bond acceptors (Lipinski definition) is 3. The van der Waals surface area contributed by atoms with Crippen molar-refractivity contribution in [2.24, 2.45) is 5.92 Å². The van der Waals surface area contributed by atoms with E-state index < -0.39 is 12.0 Å². The second kappa shape index (κ2) is 8.55. The van der Waals surface area contributed by atoms with Gasteiger partial charge in [0, 0.05) is 12.5 Å². The second-order valence-corrected chi connectivity index (χ2v) is 5.53. The maximum Gasteiger partial charge on any atom is 0.305 e. The highest BCUT2D eigenvalue weighted by molar-refractivity contribution is 5.85. The molecule has 1 aliphatic carbocycles. The largest absolute Gasteiger partial charge is 0.481 e. The molecule has 0 aromatic rings. The van der Waals surface area contributed by atoms with Gasteiger partial charge in [-0.05, 0) is 19.3 Å². The fourth-order valence-corrected chi connectivity index (χ4v) is 2.54. The summed E-state index contributed by atoms with van der Waals surface area (Å²) in [5, 5.41) is 13.7. The molecule has 0 radical (unpaired) electrons. The summed E-state index contributed by atoms with van der Waals surface area (Å²) in [7, 11) is 0. The van der Waals surface area contributed by atoms with Crippen molar-refractivity contribution in [3.63, 3.8) is 0 Å². The third-order valence-corrected chi connectivity index (χ3v) is 3.59. The Kier molecular flexibility index (Phi) is 7.04. The zero-order chi connectivity index (χ0) is 15.0. The molecule has 1 saturated carbocycles. The number of carbonyl (C=O) groups excluding carboxylic acids is 2. The van der Waals surface area contributed by atoms with Gasteiger partial charge in [0.1, 0.15) is 0 Å². The van der Waals surface area contributed by atoms with Crippen LogP contribution in [0.5, 0.6) is 0 Å². The van der Waals surface area contributed by atoms with E-state index in [4.69, 9.17) is 5.11 Å². The number of nitrogens with one attached hydrogen (secondary N) is 2. The Balaban J connectivity index is 2.10. The van der Waals surface area contributed by atoms with E-state index in [1.807, 2.05) is 0 Å². The highest BCUT2D eigenvalue weighted by Gasteiger charge is 2.16. The number of rotatable bonds is 8. The van der Waals surface area contributed by atoms with Crippen molar-refractivity contribution >= 4 is 17.8 Å². The van der Waals surface area contributed by atoms with Crippen molar-refractivity contribution in [1.82, 2.24) is 10.6 Å². The third kappa shape index (κ3) is 7.11. The number of amides is 2. The SMILES string of the molecule is CC(CC(=O)O)NC(=O)CNC(=O)CCC1CCCC1. The van der Waals surface area contributed by atoms with Gasteiger partial charge in [0.15, 0.2) is 0 Å². The summed E-state index contributed by atoms with van der Waals surface area (Å²) >= 11 is 0. The summed E-state index contributed by atoms with van der Waals surface area (Å²) in [6.07, 6.45) is 6.17. The lowest BCUT2D eigenvalue weighted by molar-refractivity contribution is -0.137. The maximum absolute atomic E-state index is 11.6. The zero-order valence-electron chi connectivity index (χ0n) is 12.0. The van der Waals surface area contributed by atoms with Crippen molar-refractivity contribution in [3.8, 4) is 0 Å². The van der Waals surface area contributed by atoms with Crippen molar-refractivity contribution in [1.29, 1.82) is 0 Å². The highest BCUT2D eigenvalue weighted by Crippen LogP contribution is 2.28. The van der Waals surface area contributed by atoms with Crippen LogP contribution in [-0.4, -0.2) is 35.5 Å². The van der Waals surface area contributed by atoms with Crippen LogP contribution in [-0.2, 0) is 14.4 Å². The van der Waals surface area contributed by atoms with Gasteiger partial charge in [0.05, 0.1) is 13.0 Å². The predicted molar refractivity (Wildman–Crippen MR) is 74.1 cm³/mol. The summed E-state index contributed by atoms with van der Waals surface area (Å²) in [6, 6.07) is -0.435. The molecule has 0 heterocycles. The first-order chi connectivity index (χ1) is 9.47. The summed E-state index contributed by atoms with van der Waals surface area (Å²) in [4.78, 5) is 33.5. The van der Waals surface area contributed by atoms with Crippen molar-refractivity contribution in [3.05, 3.63) is 0 Å². The molecular formula is C14H24N2O4. The molecular weight excluding hydrogens is 260 g/mol. The summed E-state index contributed by atoms with van der Waals surface area (Å²) in [6.45, 7) is 1.53. The van der Waals surface area contributed by atoms with Gasteiger partial charge in [-0.25, -0.2) is 0 Å². The van der Waals surface area contributed by atoms with Crippen molar-refractivity contribution in [2.75, 3.05) is 6.54 Å². The molecule has 3 N–H and O–H groups in total. The third-order valence-electron chi connectivity index (χ3n) is 3.59. The molecule has 0 aliphatic heterocycles. The van der Waals surface area contributed by atoms with E-state index in [-0.39, 0.29) is 24.8 Å². The average Bonchev–Trinajstić information content (AvgIpc) is 2.85. The predicted octanol–water partition coefficient (Wildman–Crippen LogP) is 1.05. The zero-order valence-corrected chi connectivity index (χ0v) is 12.0. The van der Waals surface area contributed by atoms with E-state index in [1.165, 1.54) is 25.7 Å². The normalized spacial score (nSPS) is 16.6. The minimum absolute atomic E-state index is 0.0898. The molecule has 1 aliphatic rings. The molecule has 2 amide bonds. The minimum Gasteiger partial charge on any atom is -0.481 e. The van der Waals surface area contributed by atoms with Gasteiger partial charge in [0.25, 0.3) is 0 Å². The first-order valence-corrected chi connectivity index (χ1v) is 7.25. The number of carbonyl (C=O) groups is 3. The fourth-order valence-electron chi connectivity index (χ4n) is 2.54. The van der Waals surface area contributed by atoms with E-state index in [9.17, 15) is 14.4 Å². The summed E-state index contributed by atoms with van der Waals surface area (Å²) < 4.78 is 0. The van der Waals surface area contributed by atoms with Crippen molar-refractivity contribution in [2.45, 2.75) is 57.9 Å². The van der Waals surface area contributed by atoms with Gasteiger partial charge in [-0.2, -0.15) is 0 Å². The quantitative estimate of drug-likeness (QED) is 0.621. The first-order valence-electron chi connectivity index (χ1n) is 7.25. The Morgan fingerprint density at radius 2 is 1.85 bits per heavy atom. The van der Waals surface area contributed by atoms with E-state index in [2.05, 4.69) is 10.6 Å². The van der Waals surface area contributed by atoms with Crippen LogP contribution in [0.4, 0.5) is 0 Å². The highest BCUT2D eigenvalue weighted by atomic mass is 16.4. The molecule has 1 rings (SSSR count). The van der Waals surface area contributed by atoms with Crippen LogP contribution in [0.3, 0.4) is 0 Å². The number of hydrogen-bond donors (Lipinski definition) is 3. The van der Waals surface area contributed by atoms with Crippen LogP contribution in [0.15, 0.2) is 0 Å². The van der Waals surface area contributed by atoms with Crippen LogP contribution < -0.4 is 10.6 Å². The lowest BCUT2D eigenvalue weighted by atomic mass is 10.0. The Labute approximate surface area is 119 Å². The molecule has 1 unspecified atom stereocenters. The van der Waals surface area contributed by atoms with Crippen LogP contribution in [0, 0.1) is 5.92 Å². The Bertz CT molecular complexity index is 351. The number of carboxylic acids is 1. The standard InChI is InChI=1S/C14H24N2O4/c1-10(8-14(19)20)16-13(18)9-15-12(17)7-6-11-4-2-3-5-11/h10-11H,2-9H2,1H3,(H,15,17)(H,16,18)(H,19,20). The molecule has 114 valence electrons. The Hall–Kier alpha value is -1.59. The average molecular weight is 284 g/mol. The van der Waals surface area contributed by atoms with Gasteiger partial charge in [-0.3, -0.25) is 14.4 Å². The molecule has 6 nitrogen and oxygen atoms in total. The molecule has 0 saturated heterocycles. The van der Waals surface area contributed by atoms with E-state index in [1.54, 1.807) is 6.92 Å². The van der Waals surface area contributed by atoms with Gasteiger partial charge in [-0.15, -0.1) is 0 Å². The van der Waals surface area contributed by atoms with E-state index in [0.717, 1.165) is 6.42 Å². The lowest BCUT2D eigenvalue weighted by Gasteiger charge is -2.12. The topological polar surface area (TPSA) is 95.5 Å². The minimum atomic E-state index is -0.960. The van der Waals surface area contributed by atoms with E-state index >= 15 is 0 Å². The molecule has 6 heteroatoms. The van der Waals surface area contributed by atoms with Crippen LogP contribution in [0.25, 0.3) is 0 Å². The second-order valence-electron chi connectivity index (χ2n) is 5.53. The smallest absolute Gasteiger partial charge is 0.305 e. The van der Waals surface area contributed by atoms with Gasteiger partial charge in [-0.1, -0.05) is 25.7 Å². The number of aliphatic carboxylic acids is 1. The first kappa shape index (κ1) is 16.5. The molecule has 0 spiro atoms. The van der Waals surface area contributed by atoms with Gasteiger partial charge >= 0.3 is 5.97 Å². The van der Waals surface area contributed by atoms with Crippen LogP contribution in [0.2, 0.25) is 0 Å². The maximum atomic E-state index is 11.6. The Morgan fingerprint density at radius 1 is 1.20 bits per heavy atom. The molecule has 0 bridgehead atoms. The molecule has 1 fully saturated rings. The van der Waals surface area contributed by atoms with Crippen molar-refractivity contribution < 1.29 is 19.5 Å². The lowest BCUT2D eigenvalue weighted by Crippen LogP contribution is -2.41. The van der Waals surface area contributed by atoms with Crippen LogP contribution >= 0.6 is 0 Å². The summed E-state index contributed by atoms with van der Waals surface area (Å²) in [5.41, 5.74) is 0. The number of carboxylic acid groups (broad SMARTS) is 1.